The quantitative estimate of drug-likeness (QED) is 0.748. The van der Waals surface area contributed by atoms with Gasteiger partial charge >= 0.3 is 0 Å². The zero-order valence-corrected chi connectivity index (χ0v) is 11.8. The van der Waals surface area contributed by atoms with Gasteiger partial charge in [0.15, 0.2) is 0 Å². The van der Waals surface area contributed by atoms with E-state index in [0.29, 0.717) is 17.1 Å². The zero-order chi connectivity index (χ0) is 15.5. The first-order chi connectivity index (χ1) is 10.7. The number of methoxy groups -OCH3 is 1. The number of benzene rings is 2. The van der Waals surface area contributed by atoms with Crippen molar-refractivity contribution in [2.24, 2.45) is 0 Å². The number of nitriles is 1. The van der Waals surface area contributed by atoms with Gasteiger partial charge < -0.3 is 9.72 Å². The van der Waals surface area contributed by atoms with Gasteiger partial charge in [-0.3, -0.25) is 0 Å². The number of imidazole rings is 1. The molecule has 0 aliphatic heterocycles. The van der Waals surface area contributed by atoms with Crippen LogP contribution < -0.4 is 4.74 Å². The summed E-state index contributed by atoms with van der Waals surface area (Å²) in [4.78, 5) is 7.41. The second-order valence-corrected chi connectivity index (χ2v) is 4.66. The molecule has 3 rings (SSSR count). The standard InChI is InChI=1S/C17H12FN3O/c1-22-13-7-6-11(14(18)9-13)8-12(10-19)17-20-15-4-2-3-5-16(15)21-17/h2-9H,1H3,(H,20,21)/b12-8+. The molecule has 0 aliphatic rings. The molecule has 0 radical (unpaired) electrons. The SMILES string of the molecule is COc1ccc(/C=C(\C#N)c2nc3ccccc3[nH]2)c(F)c1. The van der Waals surface area contributed by atoms with Crippen LogP contribution in [0.25, 0.3) is 22.7 Å². The third-order valence-electron chi connectivity index (χ3n) is 3.27. The van der Waals surface area contributed by atoms with E-state index in [1.165, 1.54) is 19.3 Å². The van der Waals surface area contributed by atoms with Crippen LogP contribution >= 0.6 is 0 Å². The maximum Gasteiger partial charge on any atom is 0.149 e. The first-order valence-corrected chi connectivity index (χ1v) is 6.61. The van der Waals surface area contributed by atoms with Gasteiger partial charge in [-0.1, -0.05) is 12.1 Å². The molecule has 0 saturated heterocycles. The third kappa shape index (κ3) is 2.54. The van der Waals surface area contributed by atoms with Crippen LogP contribution in [0.1, 0.15) is 11.4 Å². The van der Waals surface area contributed by atoms with Gasteiger partial charge in [-0.2, -0.15) is 5.26 Å². The van der Waals surface area contributed by atoms with Crippen LogP contribution in [0.5, 0.6) is 5.75 Å². The Balaban J connectivity index is 2.05. The summed E-state index contributed by atoms with van der Waals surface area (Å²) in [5.74, 6) is 0.388. The monoisotopic (exact) mass is 293 g/mol. The summed E-state index contributed by atoms with van der Waals surface area (Å²) < 4.78 is 19.0. The zero-order valence-electron chi connectivity index (χ0n) is 11.8. The fourth-order valence-electron chi connectivity index (χ4n) is 2.14. The van der Waals surface area contributed by atoms with Crippen LogP contribution in [0.2, 0.25) is 0 Å². The lowest BCUT2D eigenvalue weighted by Gasteiger charge is -2.02. The van der Waals surface area contributed by atoms with E-state index in [0.717, 1.165) is 11.0 Å². The predicted octanol–water partition coefficient (Wildman–Crippen LogP) is 3.77. The van der Waals surface area contributed by atoms with Crippen molar-refractivity contribution < 1.29 is 9.13 Å². The van der Waals surface area contributed by atoms with E-state index in [1.807, 2.05) is 24.3 Å². The largest absolute Gasteiger partial charge is 0.497 e. The van der Waals surface area contributed by atoms with Crippen LogP contribution in [-0.2, 0) is 0 Å². The topological polar surface area (TPSA) is 61.7 Å². The molecule has 2 aromatic carbocycles. The van der Waals surface area contributed by atoms with Crippen molar-refractivity contribution in [3.63, 3.8) is 0 Å². The molecule has 1 heterocycles. The smallest absolute Gasteiger partial charge is 0.149 e. The molecule has 0 saturated carbocycles. The number of fused-ring (bicyclic) bond motifs is 1. The van der Waals surface area contributed by atoms with Gasteiger partial charge in [-0.05, 0) is 30.3 Å². The predicted molar refractivity (Wildman–Crippen MR) is 82.5 cm³/mol. The Morgan fingerprint density at radius 2 is 2.14 bits per heavy atom. The second-order valence-electron chi connectivity index (χ2n) is 4.66. The normalized spacial score (nSPS) is 11.4. The number of nitrogens with one attached hydrogen (secondary N) is 1. The van der Waals surface area contributed by atoms with Crippen LogP contribution in [0.4, 0.5) is 4.39 Å². The van der Waals surface area contributed by atoms with Crippen molar-refractivity contribution in [1.82, 2.24) is 9.97 Å². The van der Waals surface area contributed by atoms with Crippen molar-refractivity contribution in [2.75, 3.05) is 7.11 Å². The molecule has 22 heavy (non-hydrogen) atoms. The number of aromatic amines is 1. The average Bonchev–Trinajstić information content (AvgIpc) is 2.97. The highest BCUT2D eigenvalue weighted by molar-refractivity contribution is 5.90. The summed E-state index contributed by atoms with van der Waals surface area (Å²) in [6, 6.07) is 14.0. The number of para-hydroxylation sites is 2. The molecule has 0 unspecified atom stereocenters. The average molecular weight is 293 g/mol. The highest BCUT2D eigenvalue weighted by Crippen LogP contribution is 2.22. The minimum Gasteiger partial charge on any atom is -0.497 e. The van der Waals surface area contributed by atoms with Crippen molar-refractivity contribution in [3.8, 4) is 11.8 Å². The molecule has 0 bridgehead atoms. The summed E-state index contributed by atoms with van der Waals surface area (Å²) in [5, 5.41) is 9.33. The molecule has 0 aliphatic carbocycles. The van der Waals surface area contributed by atoms with Crippen molar-refractivity contribution in [3.05, 3.63) is 59.7 Å². The Labute approximate surface area is 126 Å². The van der Waals surface area contributed by atoms with E-state index >= 15 is 0 Å². The van der Waals surface area contributed by atoms with Crippen LogP contribution in [0.3, 0.4) is 0 Å². The Kier molecular flexibility index (Phi) is 3.58. The number of hydrogen-bond acceptors (Lipinski definition) is 3. The van der Waals surface area contributed by atoms with E-state index < -0.39 is 5.82 Å². The fraction of sp³-hybridized carbons (Fsp3) is 0.0588. The van der Waals surface area contributed by atoms with Gasteiger partial charge in [-0.25, -0.2) is 9.37 Å². The third-order valence-corrected chi connectivity index (χ3v) is 3.27. The maximum atomic E-state index is 14.0. The lowest BCUT2D eigenvalue weighted by atomic mass is 10.1. The van der Waals surface area contributed by atoms with Gasteiger partial charge in [0, 0.05) is 11.6 Å². The number of allylic oxidation sites excluding steroid dienone is 1. The number of rotatable bonds is 3. The summed E-state index contributed by atoms with van der Waals surface area (Å²) >= 11 is 0. The first-order valence-electron chi connectivity index (χ1n) is 6.61. The number of ether oxygens (including phenoxy) is 1. The van der Waals surface area contributed by atoms with Crippen LogP contribution in [0, 0.1) is 17.1 Å². The molecular formula is C17H12FN3O. The Bertz CT molecular complexity index is 873. The highest BCUT2D eigenvalue weighted by Gasteiger charge is 2.09. The number of aromatic nitrogens is 2. The molecule has 0 amide bonds. The molecule has 0 spiro atoms. The van der Waals surface area contributed by atoms with Gasteiger partial charge in [0.25, 0.3) is 0 Å². The Morgan fingerprint density at radius 3 is 2.82 bits per heavy atom. The van der Waals surface area contributed by atoms with Crippen molar-refractivity contribution in [1.29, 1.82) is 5.26 Å². The van der Waals surface area contributed by atoms with Crippen molar-refractivity contribution in [2.45, 2.75) is 0 Å². The van der Waals surface area contributed by atoms with Gasteiger partial charge in [-0.15, -0.1) is 0 Å². The molecule has 4 nitrogen and oxygen atoms in total. The Hall–Kier alpha value is -3.13. The summed E-state index contributed by atoms with van der Waals surface area (Å²) in [6.45, 7) is 0. The molecule has 0 atom stereocenters. The first kappa shape index (κ1) is 13.8. The maximum absolute atomic E-state index is 14.0. The number of nitrogens with zero attached hydrogens (tertiary/aromatic N) is 2. The van der Waals surface area contributed by atoms with Gasteiger partial charge in [0.1, 0.15) is 23.5 Å². The highest BCUT2D eigenvalue weighted by atomic mass is 19.1. The second kappa shape index (κ2) is 5.70. The minimum absolute atomic E-state index is 0.264. The number of hydrogen-bond donors (Lipinski definition) is 1. The molecule has 1 aromatic heterocycles. The molecular weight excluding hydrogens is 281 g/mol. The molecule has 3 aromatic rings. The minimum atomic E-state index is -0.455. The molecule has 108 valence electrons. The lowest BCUT2D eigenvalue weighted by Crippen LogP contribution is -1.89. The van der Waals surface area contributed by atoms with E-state index in [2.05, 4.69) is 16.0 Å². The Morgan fingerprint density at radius 1 is 1.32 bits per heavy atom. The van der Waals surface area contributed by atoms with E-state index in [1.54, 1.807) is 12.1 Å². The van der Waals surface area contributed by atoms with Crippen LogP contribution in [0.15, 0.2) is 42.5 Å². The molecule has 1 N–H and O–H groups in total. The fourth-order valence-corrected chi connectivity index (χ4v) is 2.14. The lowest BCUT2D eigenvalue weighted by molar-refractivity contribution is 0.411. The number of H-pyrrole nitrogens is 1. The number of halogens is 1. The van der Waals surface area contributed by atoms with E-state index in [9.17, 15) is 9.65 Å². The van der Waals surface area contributed by atoms with E-state index in [-0.39, 0.29) is 5.57 Å². The van der Waals surface area contributed by atoms with Gasteiger partial charge in [0.2, 0.25) is 0 Å². The summed E-state index contributed by atoms with van der Waals surface area (Å²) in [7, 11) is 1.47. The molecule has 5 heteroatoms. The van der Waals surface area contributed by atoms with Crippen LogP contribution in [-0.4, -0.2) is 17.1 Å². The van der Waals surface area contributed by atoms with Crippen molar-refractivity contribution >= 4 is 22.7 Å². The summed E-state index contributed by atoms with van der Waals surface area (Å²) in [5.41, 5.74) is 2.15. The van der Waals surface area contributed by atoms with Gasteiger partial charge in [0.05, 0.1) is 23.7 Å². The molecule has 0 fully saturated rings. The summed E-state index contributed by atoms with van der Waals surface area (Å²) in [6.07, 6.45) is 1.46. The van der Waals surface area contributed by atoms with E-state index in [4.69, 9.17) is 4.74 Å².